The molecule has 11 heteroatoms. The molecule has 0 aliphatic carbocycles. The number of hydrogen-bond acceptors (Lipinski definition) is 6. The molecule has 3 aromatic rings. The van der Waals surface area contributed by atoms with Crippen LogP contribution in [0.2, 0.25) is 0 Å². The molecule has 11 nitrogen and oxygen atoms in total. The lowest BCUT2D eigenvalue weighted by molar-refractivity contribution is -0.130. The van der Waals surface area contributed by atoms with Gasteiger partial charge in [0.05, 0.1) is 12.7 Å². The van der Waals surface area contributed by atoms with E-state index in [9.17, 15) is 9.59 Å². The van der Waals surface area contributed by atoms with Gasteiger partial charge in [0.25, 0.3) is 0 Å². The predicted octanol–water partition coefficient (Wildman–Crippen LogP) is 1.22. The SMILES string of the molecule is Cn1nccc1CC1CCN(C(=O)CCCCn2cc(Cn3nccc3C(=O)O)nn2)C1. The first kappa shape index (κ1) is 21.7. The zero-order valence-corrected chi connectivity index (χ0v) is 18.2. The van der Waals surface area contributed by atoms with Crippen molar-refractivity contribution >= 4 is 11.9 Å². The average Bonchev–Trinajstić information content (AvgIpc) is 3.55. The van der Waals surface area contributed by atoms with Crippen molar-refractivity contribution in [1.82, 2.24) is 39.5 Å². The Labute approximate surface area is 185 Å². The number of aromatic carboxylic acids is 1. The van der Waals surface area contributed by atoms with Crippen molar-refractivity contribution in [2.75, 3.05) is 13.1 Å². The van der Waals surface area contributed by atoms with E-state index in [-0.39, 0.29) is 18.1 Å². The molecule has 1 amide bonds. The Hall–Kier alpha value is -3.50. The predicted molar refractivity (Wildman–Crippen MR) is 114 cm³/mol. The molecule has 1 unspecified atom stereocenters. The summed E-state index contributed by atoms with van der Waals surface area (Å²) < 4.78 is 5.01. The lowest BCUT2D eigenvalue weighted by Crippen LogP contribution is -2.28. The van der Waals surface area contributed by atoms with E-state index in [0.29, 0.717) is 24.6 Å². The summed E-state index contributed by atoms with van der Waals surface area (Å²) in [6, 6.07) is 3.49. The fourth-order valence-corrected chi connectivity index (χ4v) is 4.15. The second-order valence-electron chi connectivity index (χ2n) is 8.25. The van der Waals surface area contributed by atoms with E-state index in [4.69, 9.17) is 5.11 Å². The summed E-state index contributed by atoms with van der Waals surface area (Å²) in [6.45, 7) is 2.57. The van der Waals surface area contributed by atoms with Gasteiger partial charge >= 0.3 is 5.97 Å². The number of likely N-dealkylation sites (tertiary alicyclic amines) is 1. The number of unbranched alkanes of at least 4 members (excludes halogenated alkanes) is 1. The van der Waals surface area contributed by atoms with Crippen molar-refractivity contribution in [3.63, 3.8) is 0 Å². The third kappa shape index (κ3) is 5.21. The zero-order chi connectivity index (χ0) is 22.5. The largest absolute Gasteiger partial charge is 0.477 e. The van der Waals surface area contributed by atoms with Gasteiger partial charge in [-0.05, 0) is 43.7 Å². The number of carbonyl (C=O) groups is 2. The maximum absolute atomic E-state index is 12.6. The van der Waals surface area contributed by atoms with Crippen molar-refractivity contribution in [3.05, 3.63) is 47.8 Å². The third-order valence-electron chi connectivity index (χ3n) is 5.92. The second kappa shape index (κ2) is 9.75. The summed E-state index contributed by atoms with van der Waals surface area (Å²) >= 11 is 0. The molecule has 0 saturated carbocycles. The van der Waals surface area contributed by atoms with Crippen LogP contribution in [0.1, 0.15) is 47.6 Å². The van der Waals surface area contributed by atoms with E-state index in [0.717, 1.165) is 38.8 Å². The number of aryl methyl sites for hydroxylation is 2. The van der Waals surface area contributed by atoms with Crippen LogP contribution in [0.5, 0.6) is 0 Å². The Kier molecular flexibility index (Phi) is 6.62. The van der Waals surface area contributed by atoms with Gasteiger partial charge in [0.1, 0.15) is 11.4 Å². The van der Waals surface area contributed by atoms with Crippen molar-refractivity contribution in [2.24, 2.45) is 13.0 Å². The molecule has 1 saturated heterocycles. The van der Waals surface area contributed by atoms with Crippen LogP contribution in [-0.2, 0) is 31.4 Å². The molecule has 1 atom stereocenters. The van der Waals surface area contributed by atoms with Crippen LogP contribution in [0.4, 0.5) is 0 Å². The van der Waals surface area contributed by atoms with E-state index < -0.39 is 5.97 Å². The van der Waals surface area contributed by atoms with Gasteiger partial charge in [-0.3, -0.25) is 18.8 Å². The monoisotopic (exact) mass is 440 g/mol. The van der Waals surface area contributed by atoms with E-state index >= 15 is 0 Å². The molecule has 3 aromatic heterocycles. The van der Waals surface area contributed by atoms with Gasteiger partial charge in [-0.15, -0.1) is 5.10 Å². The highest BCUT2D eigenvalue weighted by atomic mass is 16.4. The molecule has 1 fully saturated rings. The molecule has 0 radical (unpaired) electrons. The van der Waals surface area contributed by atoms with E-state index in [1.807, 2.05) is 28.9 Å². The van der Waals surface area contributed by atoms with Gasteiger partial charge in [0.15, 0.2) is 0 Å². The lowest BCUT2D eigenvalue weighted by Gasteiger charge is -2.16. The maximum atomic E-state index is 12.6. The summed E-state index contributed by atoms with van der Waals surface area (Å²) in [5, 5.41) is 25.6. The summed E-state index contributed by atoms with van der Waals surface area (Å²) in [5.41, 5.74) is 1.97. The number of rotatable bonds is 10. The molecule has 0 spiro atoms. The summed E-state index contributed by atoms with van der Waals surface area (Å²) in [7, 11) is 1.95. The Bertz CT molecular complexity index is 1070. The van der Waals surface area contributed by atoms with Crippen LogP contribution in [0, 0.1) is 5.92 Å². The van der Waals surface area contributed by atoms with Crippen molar-refractivity contribution in [3.8, 4) is 0 Å². The maximum Gasteiger partial charge on any atom is 0.354 e. The van der Waals surface area contributed by atoms with Crippen LogP contribution >= 0.6 is 0 Å². The summed E-state index contributed by atoms with van der Waals surface area (Å²) in [5.74, 6) is -0.308. The zero-order valence-electron chi connectivity index (χ0n) is 18.2. The quantitative estimate of drug-likeness (QED) is 0.470. The normalized spacial score (nSPS) is 16.0. The Morgan fingerprint density at radius 2 is 2.03 bits per heavy atom. The van der Waals surface area contributed by atoms with Crippen molar-refractivity contribution in [2.45, 2.75) is 45.2 Å². The minimum absolute atomic E-state index is 0.113. The van der Waals surface area contributed by atoms with Gasteiger partial charge in [-0.25, -0.2) is 4.79 Å². The fourth-order valence-electron chi connectivity index (χ4n) is 4.15. The Morgan fingerprint density at radius 3 is 2.81 bits per heavy atom. The topological polar surface area (TPSA) is 124 Å². The molecule has 1 N–H and O–H groups in total. The van der Waals surface area contributed by atoms with Crippen LogP contribution in [-0.4, -0.2) is 69.5 Å². The third-order valence-corrected chi connectivity index (χ3v) is 5.92. The number of carboxylic acids is 1. The second-order valence-corrected chi connectivity index (χ2v) is 8.25. The van der Waals surface area contributed by atoms with Gasteiger partial charge in [-0.1, -0.05) is 5.21 Å². The first-order valence-electron chi connectivity index (χ1n) is 10.9. The van der Waals surface area contributed by atoms with Gasteiger partial charge in [0.2, 0.25) is 5.91 Å². The minimum atomic E-state index is -1.03. The molecular weight excluding hydrogens is 412 g/mol. The molecule has 4 rings (SSSR count). The summed E-state index contributed by atoms with van der Waals surface area (Å²) in [6.07, 6.45) is 9.21. The molecule has 1 aliphatic rings. The van der Waals surface area contributed by atoms with Crippen molar-refractivity contribution < 1.29 is 14.7 Å². The Morgan fingerprint density at radius 1 is 1.19 bits per heavy atom. The number of nitrogens with zero attached hydrogens (tertiary/aromatic N) is 8. The number of hydrogen-bond donors (Lipinski definition) is 1. The van der Waals surface area contributed by atoms with E-state index in [1.54, 1.807) is 10.9 Å². The average molecular weight is 441 g/mol. The first-order chi connectivity index (χ1) is 15.5. The van der Waals surface area contributed by atoms with Crippen LogP contribution in [0.15, 0.2) is 30.7 Å². The van der Waals surface area contributed by atoms with E-state index in [1.165, 1.54) is 22.6 Å². The highest BCUT2D eigenvalue weighted by molar-refractivity contribution is 5.85. The van der Waals surface area contributed by atoms with Crippen LogP contribution < -0.4 is 0 Å². The molecule has 170 valence electrons. The van der Waals surface area contributed by atoms with Gasteiger partial charge in [-0.2, -0.15) is 10.2 Å². The molecule has 32 heavy (non-hydrogen) atoms. The standard InChI is InChI=1S/C21H28N8O3/c1-26-18(5-8-22-26)12-16-7-11-27(13-16)20(30)4-2-3-10-28-14-17(24-25-28)15-29-19(21(31)32)6-9-23-29/h5-6,8-9,14,16H,2-4,7,10-13,15H2,1H3,(H,31,32). The molecular formula is C21H28N8O3. The van der Waals surface area contributed by atoms with Crippen LogP contribution in [0.3, 0.4) is 0 Å². The van der Waals surface area contributed by atoms with Gasteiger partial charge in [0, 0.05) is 51.2 Å². The Balaban J connectivity index is 1.16. The minimum Gasteiger partial charge on any atom is -0.477 e. The fraction of sp³-hybridized carbons (Fsp3) is 0.524. The first-order valence-corrected chi connectivity index (χ1v) is 10.9. The number of carbonyl (C=O) groups excluding carboxylic acids is 1. The molecule has 0 bridgehead atoms. The van der Waals surface area contributed by atoms with E-state index in [2.05, 4.69) is 20.5 Å². The van der Waals surface area contributed by atoms with Crippen molar-refractivity contribution in [1.29, 1.82) is 0 Å². The smallest absolute Gasteiger partial charge is 0.354 e. The molecule has 4 heterocycles. The molecule has 0 aromatic carbocycles. The highest BCUT2D eigenvalue weighted by Gasteiger charge is 2.26. The molecule has 1 aliphatic heterocycles. The highest BCUT2D eigenvalue weighted by Crippen LogP contribution is 2.21. The lowest BCUT2D eigenvalue weighted by atomic mass is 10.0. The van der Waals surface area contributed by atoms with Gasteiger partial charge < -0.3 is 10.0 Å². The summed E-state index contributed by atoms with van der Waals surface area (Å²) in [4.78, 5) is 25.7. The number of aromatic nitrogens is 7. The number of amides is 1. The van der Waals surface area contributed by atoms with Crippen LogP contribution in [0.25, 0.3) is 0 Å². The number of carboxylic acid groups (broad SMARTS) is 1.